The number of nitrogens with one attached hydrogen (secondary N) is 2. The third-order valence-electron chi connectivity index (χ3n) is 4.47. The molecule has 0 bridgehead atoms. The van der Waals surface area contributed by atoms with Crippen molar-refractivity contribution >= 4 is 11.6 Å². The van der Waals surface area contributed by atoms with Gasteiger partial charge in [-0.1, -0.05) is 19.8 Å². The number of carbonyl (C=O) groups is 1. The number of carbonyl (C=O) groups excluding carboxylic acids is 1. The van der Waals surface area contributed by atoms with E-state index in [2.05, 4.69) is 22.5 Å². The van der Waals surface area contributed by atoms with Gasteiger partial charge in [0.05, 0.1) is 17.4 Å². The number of aromatic nitrogens is 1. The molecule has 1 amide bonds. The smallest absolute Gasteiger partial charge is 0.253 e. The molecule has 1 saturated carbocycles. The fourth-order valence-corrected chi connectivity index (χ4v) is 3.07. The first-order chi connectivity index (χ1) is 9.71. The van der Waals surface area contributed by atoms with Crippen LogP contribution in [-0.4, -0.2) is 24.0 Å². The molecule has 1 fully saturated rings. The zero-order valence-corrected chi connectivity index (χ0v) is 12.5. The van der Waals surface area contributed by atoms with Gasteiger partial charge in [-0.2, -0.15) is 0 Å². The summed E-state index contributed by atoms with van der Waals surface area (Å²) in [5.41, 5.74) is 1.82. The standard InChI is InChI=1S/C16H25N3O/c1-3-16(8-5-6-9-16)12-19-15(20)13-7-10-17-11-14(13)18-4-2/h7,10-11,18H,3-6,8-9,12H2,1-2H3,(H,19,20). The zero-order chi connectivity index (χ0) is 14.4. The summed E-state index contributed by atoms with van der Waals surface area (Å²) >= 11 is 0. The molecular weight excluding hydrogens is 250 g/mol. The van der Waals surface area contributed by atoms with Gasteiger partial charge in [-0.15, -0.1) is 0 Å². The molecule has 0 unspecified atom stereocenters. The van der Waals surface area contributed by atoms with Gasteiger partial charge in [0, 0.05) is 19.3 Å². The average molecular weight is 275 g/mol. The van der Waals surface area contributed by atoms with Gasteiger partial charge in [-0.3, -0.25) is 9.78 Å². The Balaban J connectivity index is 2.01. The largest absolute Gasteiger partial charge is 0.383 e. The highest BCUT2D eigenvalue weighted by Crippen LogP contribution is 2.40. The first kappa shape index (κ1) is 14.8. The number of rotatable bonds is 6. The van der Waals surface area contributed by atoms with E-state index in [9.17, 15) is 4.79 Å². The van der Waals surface area contributed by atoms with Crippen LogP contribution in [0.25, 0.3) is 0 Å². The van der Waals surface area contributed by atoms with E-state index in [4.69, 9.17) is 0 Å². The van der Waals surface area contributed by atoms with E-state index in [0.717, 1.165) is 25.2 Å². The lowest BCUT2D eigenvalue weighted by Crippen LogP contribution is -2.35. The SMILES string of the molecule is CCNc1cnccc1C(=O)NCC1(CC)CCCC1. The number of pyridine rings is 1. The van der Waals surface area contributed by atoms with Gasteiger partial charge in [-0.25, -0.2) is 0 Å². The highest BCUT2D eigenvalue weighted by Gasteiger charge is 2.32. The molecule has 1 aliphatic rings. The van der Waals surface area contributed by atoms with E-state index < -0.39 is 0 Å². The van der Waals surface area contributed by atoms with E-state index in [1.54, 1.807) is 18.5 Å². The van der Waals surface area contributed by atoms with Crippen LogP contribution >= 0.6 is 0 Å². The van der Waals surface area contributed by atoms with Crippen LogP contribution in [0.4, 0.5) is 5.69 Å². The third kappa shape index (κ3) is 3.30. The van der Waals surface area contributed by atoms with Crippen LogP contribution in [0.1, 0.15) is 56.3 Å². The van der Waals surface area contributed by atoms with Crippen LogP contribution in [-0.2, 0) is 0 Å². The molecule has 0 saturated heterocycles. The number of anilines is 1. The van der Waals surface area contributed by atoms with Crippen molar-refractivity contribution in [2.45, 2.75) is 46.0 Å². The number of amides is 1. The predicted molar refractivity (Wildman–Crippen MR) is 81.9 cm³/mol. The van der Waals surface area contributed by atoms with Crippen LogP contribution in [0.15, 0.2) is 18.5 Å². The van der Waals surface area contributed by atoms with Crippen molar-refractivity contribution in [3.05, 3.63) is 24.0 Å². The van der Waals surface area contributed by atoms with Gasteiger partial charge < -0.3 is 10.6 Å². The van der Waals surface area contributed by atoms with Gasteiger partial charge in [-0.05, 0) is 37.7 Å². The van der Waals surface area contributed by atoms with Crippen LogP contribution in [0.3, 0.4) is 0 Å². The van der Waals surface area contributed by atoms with Crippen LogP contribution in [0.5, 0.6) is 0 Å². The molecule has 0 aliphatic heterocycles. The summed E-state index contributed by atoms with van der Waals surface area (Å²) in [5.74, 6) is 0.00285. The minimum Gasteiger partial charge on any atom is -0.383 e. The molecule has 0 aromatic carbocycles. The topological polar surface area (TPSA) is 54.0 Å². The van der Waals surface area contributed by atoms with E-state index in [1.807, 2.05) is 6.92 Å². The first-order valence-electron chi connectivity index (χ1n) is 7.67. The van der Waals surface area contributed by atoms with Crippen molar-refractivity contribution < 1.29 is 4.79 Å². The van der Waals surface area contributed by atoms with E-state index in [1.165, 1.54) is 25.7 Å². The maximum atomic E-state index is 12.4. The van der Waals surface area contributed by atoms with E-state index >= 15 is 0 Å². The quantitative estimate of drug-likeness (QED) is 0.838. The Bertz CT molecular complexity index is 453. The molecule has 1 aromatic rings. The fraction of sp³-hybridized carbons (Fsp3) is 0.625. The fourth-order valence-electron chi connectivity index (χ4n) is 3.07. The van der Waals surface area contributed by atoms with Crippen molar-refractivity contribution in [2.75, 3.05) is 18.4 Å². The summed E-state index contributed by atoms with van der Waals surface area (Å²) in [6.07, 6.45) is 9.58. The number of hydrogen-bond acceptors (Lipinski definition) is 3. The molecule has 2 N–H and O–H groups in total. The molecule has 0 atom stereocenters. The lowest BCUT2D eigenvalue weighted by Gasteiger charge is -2.27. The Morgan fingerprint density at radius 2 is 2.10 bits per heavy atom. The molecule has 4 heteroatoms. The third-order valence-corrected chi connectivity index (χ3v) is 4.47. The Kier molecular flexibility index (Phi) is 4.99. The maximum Gasteiger partial charge on any atom is 0.253 e. The molecular formula is C16H25N3O. The molecule has 0 radical (unpaired) electrons. The number of hydrogen-bond donors (Lipinski definition) is 2. The molecule has 110 valence electrons. The van der Waals surface area contributed by atoms with Crippen LogP contribution < -0.4 is 10.6 Å². The highest BCUT2D eigenvalue weighted by molar-refractivity contribution is 5.99. The van der Waals surface area contributed by atoms with Crippen molar-refractivity contribution in [3.8, 4) is 0 Å². The summed E-state index contributed by atoms with van der Waals surface area (Å²) in [6.45, 7) is 5.81. The Morgan fingerprint density at radius 1 is 1.35 bits per heavy atom. The minimum atomic E-state index is 0.00285. The second-order valence-corrected chi connectivity index (χ2v) is 5.69. The van der Waals surface area contributed by atoms with E-state index in [0.29, 0.717) is 11.0 Å². The summed E-state index contributed by atoms with van der Waals surface area (Å²) in [7, 11) is 0. The number of nitrogens with zero attached hydrogens (tertiary/aromatic N) is 1. The molecule has 0 spiro atoms. The summed E-state index contributed by atoms with van der Waals surface area (Å²) in [6, 6.07) is 1.78. The Morgan fingerprint density at radius 3 is 2.75 bits per heavy atom. The van der Waals surface area contributed by atoms with Crippen LogP contribution in [0, 0.1) is 5.41 Å². The van der Waals surface area contributed by atoms with Gasteiger partial charge in [0.1, 0.15) is 0 Å². The summed E-state index contributed by atoms with van der Waals surface area (Å²) in [4.78, 5) is 16.4. The average Bonchev–Trinajstić information content (AvgIpc) is 2.95. The van der Waals surface area contributed by atoms with Crippen molar-refractivity contribution in [1.29, 1.82) is 0 Å². The summed E-state index contributed by atoms with van der Waals surface area (Å²) < 4.78 is 0. The highest BCUT2D eigenvalue weighted by atomic mass is 16.1. The van der Waals surface area contributed by atoms with Gasteiger partial charge in [0.2, 0.25) is 0 Å². The lowest BCUT2D eigenvalue weighted by atomic mass is 9.83. The molecule has 1 heterocycles. The second-order valence-electron chi connectivity index (χ2n) is 5.69. The molecule has 1 aliphatic carbocycles. The predicted octanol–water partition coefficient (Wildman–Crippen LogP) is 3.21. The Labute approximate surface area is 121 Å². The first-order valence-corrected chi connectivity index (χ1v) is 7.67. The minimum absolute atomic E-state index is 0.00285. The zero-order valence-electron chi connectivity index (χ0n) is 12.5. The molecule has 4 nitrogen and oxygen atoms in total. The van der Waals surface area contributed by atoms with Gasteiger partial charge in [0.25, 0.3) is 5.91 Å². The van der Waals surface area contributed by atoms with E-state index in [-0.39, 0.29) is 5.91 Å². The van der Waals surface area contributed by atoms with Crippen LogP contribution in [0.2, 0.25) is 0 Å². The lowest BCUT2D eigenvalue weighted by molar-refractivity contribution is 0.0929. The second kappa shape index (κ2) is 6.73. The maximum absolute atomic E-state index is 12.4. The van der Waals surface area contributed by atoms with Crippen molar-refractivity contribution in [3.63, 3.8) is 0 Å². The normalized spacial score (nSPS) is 16.9. The molecule has 2 rings (SSSR count). The van der Waals surface area contributed by atoms with Crippen molar-refractivity contribution in [1.82, 2.24) is 10.3 Å². The van der Waals surface area contributed by atoms with Gasteiger partial charge >= 0.3 is 0 Å². The van der Waals surface area contributed by atoms with Gasteiger partial charge in [0.15, 0.2) is 0 Å². The van der Waals surface area contributed by atoms with Crippen molar-refractivity contribution in [2.24, 2.45) is 5.41 Å². The summed E-state index contributed by atoms with van der Waals surface area (Å²) in [5, 5.41) is 6.31. The molecule has 20 heavy (non-hydrogen) atoms. The monoisotopic (exact) mass is 275 g/mol. The molecule has 1 aromatic heterocycles. The Hall–Kier alpha value is -1.58.